The summed E-state index contributed by atoms with van der Waals surface area (Å²) < 4.78 is 1.91. The van der Waals surface area contributed by atoms with Crippen molar-refractivity contribution in [1.82, 2.24) is 34.6 Å². The zero-order chi connectivity index (χ0) is 20.7. The molecule has 154 valence electrons. The standard InChI is InChI=1S/C21H24N8O/c1-13-7-16(14-8-25-21-22-5-6-29(21)11-14)17-9-24-20(27-18(17)10-23-13)26-15-3-4-19(30)28(2)12-15/h5-9,11,13,15,23H,3-4,10,12H2,1-2H3,(H,24,26,27)/t13-,15?/m1/s1. The van der Waals surface area contributed by atoms with E-state index in [2.05, 4.69) is 38.6 Å². The molecular weight excluding hydrogens is 380 g/mol. The van der Waals surface area contributed by atoms with Gasteiger partial charge in [0.2, 0.25) is 17.6 Å². The Morgan fingerprint density at radius 3 is 3.00 bits per heavy atom. The topological polar surface area (TPSA) is 100 Å². The van der Waals surface area contributed by atoms with Crippen molar-refractivity contribution in [1.29, 1.82) is 0 Å². The molecule has 1 amide bonds. The molecule has 0 saturated carbocycles. The highest BCUT2D eigenvalue weighted by Gasteiger charge is 2.24. The number of piperidine rings is 1. The van der Waals surface area contributed by atoms with Gasteiger partial charge in [-0.3, -0.25) is 9.20 Å². The Kier molecular flexibility index (Phi) is 4.66. The minimum atomic E-state index is 0.159. The van der Waals surface area contributed by atoms with Gasteiger partial charge in [0.15, 0.2) is 0 Å². The molecule has 30 heavy (non-hydrogen) atoms. The van der Waals surface area contributed by atoms with Crippen LogP contribution in [-0.4, -0.2) is 60.8 Å². The molecule has 2 atom stereocenters. The Balaban J connectivity index is 1.46. The van der Waals surface area contributed by atoms with E-state index in [1.54, 1.807) is 11.1 Å². The fraction of sp³-hybridized carbons (Fsp3) is 0.381. The van der Waals surface area contributed by atoms with Crippen molar-refractivity contribution in [2.45, 2.75) is 38.4 Å². The smallest absolute Gasteiger partial charge is 0.233 e. The van der Waals surface area contributed by atoms with Gasteiger partial charge in [-0.05, 0) is 18.9 Å². The van der Waals surface area contributed by atoms with E-state index in [-0.39, 0.29) is 18.0 Å². The largest absolute Gasteiger partial charge is 0.350 e. The highest BCUT2D eigenvalue weighted by molar-refractivity contribution is 5.81. The Morgan fingerprint density at radius 2 is 2.13 bits per heavy atom. The highest BCUT2D eigenvalue weighted by Crippen LogP contribution is 2.28. The van der Waals surface area contributed by atoms with Gasteiger partial charge in [-0.1, -0.05) is 6.08 Å². The van der Waals surface area contributed by atoms with Gasteiger partial charge < -0.3 is 15.5 Å². The fourth-order valence-electron chi connectivity index (χ4n) is 4.02. The van der Waals surface area contributed by atoms with E-state index in [1.807, 2.05) is 36.2 Å². The molecule has 0 spiro atoms. The Hall–Kier alpha value is -3.33. The van der Waals surface area contributed by atoms with Crippen LogP contribution in [0, 0.1) is 0 Å². The predicted molar refractivity (Wildman–Crippen MR) is 113 cm³/mol. The van der Waals surface area contributed by atoms with Gasteiger partial charge in [0.25, 0.3) is 0 Å². The van der Waals surface area contributed by atoms with Gasteiger partial charge >= 0.3 is 0 Å². The summed E-state index contributed by atoms with van der Waals surface area (Å²) in [5, 5.41) is 6.89. The molecule has 0 bridgehead atoms. The van der Waals surface area contributed by atoms with Gasteiger partial charge in [0.1, 0.15) is 0 Å². The van der Waals surface area contributed by atoms with Crippen LogP contribution in [0.3, 0.4) is 0 Å². The van der Waals surface area contributed by atoms with Gasteiger partial charge in [0, 0.05) is 80.8 Å². The van der Waals surface area contributed by atoms with E-state index in [4.69, 9.17) is 4.98 Å². The minimum absolute atomic E-state index is 0.159. The number of aromatic nitrogens is 5. The third-order valence-corrected chi connectivity index (χ3v) is 5.68. The number of hydrogen-bond donors (Lipinski definition) is 2. The van der Waals surface area contributed by atoms with Gasteiger partial charge in [-0.25, -0.2) is 19.9 Å². The number of nitrogens with zero attached hydrogens (tertiary/aromatic N) is 6. The molecule has 1 fully saturated rings. The lowest BCUT2D eigenvalue weighted by atomic mass is 9.99. The second kappa shape index (κ2) is 7.49. The molecule has 2 N–H and O–H groups in total. The Bertz CT molecular complexity index is 1140. The summed E-state index contributed by atoms with van der Waals surface area (Å²) in [7, 11) is 1.83. The van der Waals surface area contributed by atoms with Crippen LogP contribution in [0.25, 0.3) is 11.4 Å². The number of rotatable bonds is 3. The first-order valence-electron chi connectivity index (χ1n) is 10.2. The molecule has 1 saturated heterocycles. The summed E-state index contributed by atoms with van der Waals surface area (Å²) in [6.45, 7) is 3.43. The summed E-state index contributed by atoms with van der Waals surface area (Å²) in [4.78, 5) is 31.6. The van der Waals surface area contributed by atoms with Crippen molar-refractivity contribution in [2.75, 3.05) is 18.9 Å². The number of anilines is 1. The number of likely N-dealkylation sites (N-methyl/N-ethyl adjacent to an activating group) is 1. The maximum atomic E-state index is 11.7. The first-order chi connectivity index (χ1) is 14.6. The molecule has 3 aromatic rings. The van der Waals surface area contributed by atoms with Crippen LogP contribution in [0.2, 0.25) is 0 Å². The molecule has 9 heteroatoms. The number of carbonyl (C=O) groups excluding carboxylic acids is 1. The van der Waals surface area contributed by atoms with E-state index in [1.165, 1.54) is 0 Å². The number of imidazole rings is 1. The number of hydrogen-bond acceptors (Lipinski definition) is 7. The molecule has 2 aliphatic heterocycles. The Morgan fingerprint density at radius 1 is 1.23 bits per heavy atom. The van der Waals surface area contributed by atoms with Crippen LogP contribution in [0.5, 0.6) is 0 Å². The Labute approximate surface area is 174 Å². The minimum Gasteiger partial charge on any atom is -0.350 e. The molecule has 3 aromatic heterocycles. The quantitative estimate of drug-likeness (QED) is 0.682. The second-order valence-corrected chi connectivity index (χ2v) is 7.94. The van der Waals surface area contributed by atoms with Crippen molar-refractivity contribution in [3.8, 4) is 0 Å². The van der Waals surface area contributed by atoms with Crippen molar-refractivity contribution in [2.24, 2.45) is 0 Å². The lowest BCUT2D eigenvalue weighted by Crippen LogP contribution is -2.43. The van der Waals surface area contributed by atoms with Crippen LogP contribution in [0.15, 0.2) is 37.1 Å². The molecule has 1 unspecified atom stereocenters. The number of nitrogens with one attached hydrogen (secondary N) is 2. The lowest BCUT2D eigenvalue weighted by Gasteiger charge is -2.30. The van der Waals surface area contributed by atoms with Gasteiger partial charge in [0.05, 0.1) is 5.69 Å². The molecule has 9 nitrogen and oxygen atoms in total. The van der Waals surface area contributed by atoms with Gasteiger partial charge in [-0.2, -0.15) is 0 Å². The highest BCUT2D eigenvalue weighted by atomic mass is 16.2. The van der Waals surface area contributed by atoms with Crippen molar-refractivity contribution < 1.29 is 4.79 Å². The summed E-state index contributed by atoms with van der Waals surface area (Å²) >= 11 is 0. The molecule has 0 aromatic carbocycles. The number of fused-ring (bicyclic) bond motifs is 2. The molecule has 5 heterocycles. The number of amides is 1. The summed E-state index contributed by atoms with van der Waals surface area (Å²) in [6.07, 6.45) is 12.9. The van der Waals surface area contributed by atoms with Crippen LogP contribution in [0.1, 0.15) is 36.6 Å². The summed E-state index contributed by atoms with van der Waals surface area (Å²) in [5.41, 5.74) is 3.98. The summed E-state index contributed by atoms with van der Waals surface area (Å²) in [6, 6.07) is 0.341. The van der Waals surface area contributed by atoms with Crippen LogP contribution in [-0.2, 0) is 11.3 Å². The van der Waals surface area contributed by atoms with Crippen molar-refractivity contribution in [3.63, 3.8) is 0 Å². The van der Waals surface area contributed by atoms with Crippen molar-refractivity contribution >= 4 is 23.2 Å². The average molecular weight is 404 g/mol. The number of likely N-dealkylation sites (tertiary alicyclic amines) is 1. The lowest BCUT2D eigenvalue weighted by molar-refractivity contribution is -0.132. The maximum absolute atomic E-state index is 11.7. The first-order valence-corrected chi connectivity index (χ1v) is 10.2. The molecule has 5 rings (SSSR count). The van der Waals surface area contributed by atoms with Crippen molar-refractivity contribution in [3.05, 3.63) is 53.9 Å². The third-order valence-electron chi connectivity index (χ3n) is 5.68. The van der Waals surface area contributed by atoms with E-state index in [0.29, 0.717) is 31.2 Å². The fourth-order valence-corrected chi connectivity index (χ4v) is 4.02. The van der Waals surface area contributed by atoms with E-state index in [0.717, 1.165) is 28.8 Å². The monoisotopic (exact) mass is 404 g/mol. The zero-order valence-corrected chi connectivity index (χ0v) is 17.0. The molecular formula is C21H24N8O. The molecule has 0 radical (unpaired) electrons. The molecule has 0 aliphatic carbocycles. The SMILES string of the molecule is C[C@@H]1C=C(c2cnc3nccn3c2)c2cnc(NC3CCC(=O)N(C)C3)nc2CN1. The van der Waals surface area contributed by atoms with E-state index < -0.39 is 0 Å². The van der Waals surface area contributed by atoms with Crippen LogP contribution in [0.4, 0.5) is 5.95 Å². The first kappa shape index (κ1) is 18.7. The van der Waals surface area contributed by atoms with E-state index in [9.17, 15) is 4.79 Å². The predicted octanol–water partition coefficient (Wildman–Crippen LogP) is 1.48. The van der Waals surface area contributed by atoms with Gasteiger partial charge in [-0.15, -0.1) is 0 Å². The second-order valence-electron chi connectivity index (χ2n) is 7.94. The van der Waals surface area contributed by atoms with Crippen LogP contribution < -0.4 is 10.6 Å². The molecule has 2 aliphatic rings. The average Bonchev–Trinajstić information content (AvgIpc) is 3.15. The summed E-state index contributed by atoms with van der Waals surface area (Å²) in [5.74, 6) is 1.46. The zero-order valence-electron chi connectivity index (χ0n) is 17.0. The third kappa shape index (κ3) is 3.52. The number of carbonyl (C=O) groups is 1. The maximum Gasteiger partial charge on any atom is 0.233 e. The van der Waals surface area contributed by atoms with E-state index >= 15 is 0 Å². The normalized spacial score (nSPS) is 21.9. The van der Waals surface area contributed by atoms with Crippen LogP contribution >= 0.6 is 0 Å².